The Morgan fingerprint density at radius 1 is 0.958 bits per heavy atom. The van der Waals surface area contributed by atoms with E-state index in [1.165, 1.54) is 0 Å². The molecule has 0 aliphatic carbocycles. The SMILES string of the molecule is COc1ccc(-c2cc(-c3ccccc3)[n+](C)c(C)c2C#N)cc1. The molecule has 3 heteroatoms. The van der Waals surface area contributed by atoms with Gasteiger partial charge in [-0.2, -0.15) is 9.83 Å². The molecule has 1 heterocycles. The summed E-state index contributed by atoms with van der Waals surface area (Å²) < 4.78 is 7.30. The van der Waals surface area contributed by atoms with E-state index in [-0.39, 0.29) is 0 Å². The average Bonchev–Trinajstić information content (AvgIpc) is 2.64. The van der Waals surface area contributed by atoms with Gasteiger partial charge in [-0.3, -0.25) is 0 Å². The van der Waals surface area contributed by atoms with E-state index in [0.29, 0.717) is 5.56 Å². The zero-order valence-electron chi connectivity index (χ0n) is 14.1. The molecule has 0 aliphatic rings. The van der Waals surface area contributed by atoms with E-state index in [4.69, 9.17) is 4.74 Å². The fraction of sp³-hybridized carbons (Fsp3) is 0.143. The Balaban J connectivity index is 2.25. The van der Waals surface area contributed by atoms with E-state index in [1.807, 2.05) is 56.4 Å². The summed E-state index contributed by atoms with van der Waals surface area (Å²) in [4.78, 5) is 0. The maximum absolute atomic E-state index is 9.66. The summed E-state index contributed by atoms with van der Waals surface area (Å²) in [6.45, 7) is 1.98. The molecule has 118 valence electrons. The number of aromatic nitrogens is 1. The minimum atomic E-state index is 0.697. The highest BCUT2D eigenvalue weighted by Gasteiger charge is 2.21. The highest BCUT2D eigenvalue weighted by Crippen LogP contribution is 2.29. The number of ether oxygens (including phenoxy) is 1. The highest BCUT2D eigenvalue weighted by atomic mass is 16.5. The number of methoxy groups -OCH3 is 1. The van der Waals surface area contributed by atoms with Crippen molar-refractivity contribution < 1.29 is 9.30 Å². The normalized spacial score (nSPS) is 10.2. The molecule has 0 radical (unpaired) electrons. The van der Waals surface area contributed by atoms with Gasteiger partial charge in [0.1, 0.15) is 24.4 Å². The Labute approximate surface area is 142 Å². The van der Waals surface area contributed by atoms with Crippen molar-refractivity contribution in [2.45, 2.75) is 6.92 Å². The van der Waals surface area contributed by atoms with Crippen molar-refractivity contribution in [1.29, 1.82) is 5.26 Å². The van der Waals surface area contributed by atoms with Gasteiger partial charge in [0.2, 0.25) is 5.69 Å². The Bertz CT molecular complexity index is 907. The zero-order chi connectivity index (χ0) is 17.1. The molecule has 0 amide bonds. The van der Waals surface area contributed by atoms with Crippen molar-refractivity contribution in [2.24, 2.45) is 7.05 Å². The van der Waals surface area contributed by atoms with E-state index in [1.54, 1.807) is 7.11 Å². The monoisotopic (exact) mass is 315 g/mol. The van der Waals surface area contributed by atoms with E-state index in [2.05, 4.69) is 28.8 Å². The molecular weight excluding hydrogens is 296 g/mol. The minimum absolute atomic E-state index is 0.697. The van der Waals surface area contributed by atoms with Crippen molar-refractivity contribution in [3.8, 4) is 34.2 Å². The van der Waals surface area contributed by atoms with Gasteiger partial charge in [0.05, 0.1) is 7.11 Å². The largest absolute Gasteiger partial charge is 0.497 e. The van der Waals surface area contributed by atoms with Gasteiger partial charge in [-0.25, -0.2) is 0 Å². The zero-order valence-corrected chi connectivity index (χ0v) is 14.1. The van der Waals surface area contributed by atoms with Gasteiger partial charge >= 0.3 is 0 Å². The second-order valence-electron chi connectivity index (χ2n) is 5.67. The fourth-order valence-electron chi connectivity index (χ4n) is 2.87. The Morgan fingerprint density at radius 2 is 1.62 bits per heavy atom. The van der Waals surface area contributed by atoms with Gasteiger partial charge in [0.15, 0.2) is 5.69 Å². The van der Waals surface area contributed by atoms with Crippen molar-refractivity contribution in [3.63, 3.8) is 0 Å². The molecule has 24 heavy (non-hydrogen) atoms. The smallest absolute Gasteiger partial charge is 0.213 e. The molecular formula is C21H19N2O+. The van der Waals surface area contributed by atoms with Crippen molar-refractivity contribution in [3.05, 3.63) is 71.9 Å². The van der Waals surface area contributed by atoms with Crippen molar-refractivity contribution in [1.82, 2.24) is 0 Å². The highest BCUT2D eigenvalue weighted by molar-refractivity contribution is 5.75. The number of rotatable bonds is 3. The number of hydrogen-bond donors (Lipinski definition) is 0. The summed E-state index contributed by atoms with van der Waals surface area (Å²) in [6.07, 6.45) is 0. The topological polar surface area (TPSA) is 36.9 Å². The first-order valence-corrected chi connectivity index (χ1v) is 7.79. The van der Waals surface area contributed by atoms with Crippen molar-refractivity contribution in [2.75, 3.05) is 7.11 Å². The number of pyridine rings is 1. The van der Waals surface area contributed by atoms with Crippen LogP contribution in [0.4, 0.5) is 0 Å². The number of nitriles is 1. The summed E-state index contributed by atoms with van der Waals surface area (Å²) in [5.41, 5.74) is 5.80. The van der Waals surface area contributed by atoms with Crippen LogP contribution in [0.5, 0.6) is 5.75 Å². The predicted octanol–water partition coefficient (Wildman–Crippen LogP) is 4.03. The lowest BCUT2D eigenvalue weighted by Gasteiger charge is -2.10. The minimum Gasteiger partial charge on any atom is -0.497 e. The summed E-state index contributed by atoms with van der Waals surface area (Å²) in [6, 6.07) is 22.5. The first-order valence-electron chi connectivity index (χ1n) is 7.79. The van der Waals surface area contributed by atoms with Gasteiger partial charge < -0.3 is 4.74 Å². The standard InChI is InChI=1S/C21H19N2O/c1-15-20(14-22)19(16-9-11-18(24-3)12-10-16)13-21(23(15)2)17-7-5-4-6-8-17/h4-13H,1-3H3/q+1. The first kappa shape index (κ1) is 15.8. The van der Waals surface area contributed by atoms with Crippen LogP contribution in [-0.4, -0.2) is 7.11 Å². The maximum Gasteiger partial charge on any atom is 0.213 e. The van der Waals surface area contributed by atoms with Crippen LogP contribution >= 0.6 is 0 Å². The fourth-order valence-corrected chi connectivity index (χ4v) is 2.87. The second-order valence-corrected chi connectivity index (χ2v) is 5.67. The molecule has 3 aromatic rings. The molecule has 0 fully saturated rings. The van der Waals surface area contributed by atoms with Crippen LogP contribution in [0, 0.1) is 18.3 Å². The molecule has 0 bridgehead atoms. The summed E-state index contributed by atoms with van der Waals surface area (Å²) >= 11 is 0. The van der Waals surface area contributed by atoms with Crippen LogP contribution in [0.15, 0.2) is 60.7 Å². The quantitative estimate of drug-likeness (QED) is 0.684. The molecule has 2 aromatic carbocycles. The Hall–Kier alpha value is -3.12. The van der Waals surface area contributed by atoms with Crippen LogP contribution in [0.1, 0.15) is 11.3 Å². The predicted molar refractivity (Wildman–Crippen MR) is 94.5 cm³/mol. The van der Waals surface area contributed by atoms with E-state index >= 15 is 0 Å². The maximum atomic E-state index is 9.66. The molecule has 3 rings (SSSR count). The number of hydrogen-bond acceptors (Lipinski definition) is 2. The molecule has 0 saturated carbocycles. The van der Waals surface area contributed by atoms with E-state index < -0.39 is 0 Å². The third kappa shape index (κ3) is 2.75. The van der Waals surface area contributed by atoms with E-state index in [0.717, 1.165) is 33.8 Å². The molecule has 0 atom stereocenters. The molecule has 3 nitrogen and oxygen atoms in total. The van der Waals surface area contributed by atoms with Gasteiger partial charge in [-0.15, -0.1) is 0 Å². The molecule has 0 unspecified atom stereocenters. The van der Waals surface area contributed by atoms with Gasteiger partial charge in [0.25, 0.3) is 0 Å². The molecule has 0 N–H and O–H groups in total. The van der Waals surface area contributed by atoms with Gasteiger partial charge in [0, 0.05) is 24.1 Å². The molecule has 0 aliphatic heterocycles. The first-order chi connectivity index (χ1) is 11.7. The van der Waals surface area contributed by atoms with Crippen LogP contribution in [0.3, 0.4) is 0 Å². The number of benzene rings is 2. The lowest BCUT2D eigenvalue weighted by atomic mass is 9.96. The van der Waals surface area contributed by atoms with Gasteiger partial charge in [-0.1, -0.05) is 30.3 Å². The summed E-state index contributed by atoms with van der Waals surface area (Å²) in [5, 5.41) is 9.66. The van der Waals surface area contributed by atoms with Crippen LogP contribution in [0.25, 0.3) is 22.4 Å². The molecule has 1 aromatic heterocycles. The number of nitrogens with zero attached hydrogens (tertiary/aromatic N) is 2. The van der Waals surface area contributed by atoms with Crippen LogP contribution in [-0.2, 0) is 7.05 Å². The van der Waals surface area contributed by atoms with Crippen LogP contribution in [0.2, 0.25) is 0 Å². The van der Waals surface area contributed by atoms with Crippen LogP contribution < -0.4 is 9.30 Å². The third-order valence-electron chi connectivity index (χ3n) is 4.36. The molecule has 0 spiro atoms. The summed E-state index contributed by atoms with van der Waals surface area (Å²) in [5.74, 6) is 0.804. The summed E-state index contributed by atoms with van der Waals surface area (Å²) in [7, 11) is 3.65. The van der Waals surface area contributed by atoms with Crippen molar-refractivity contribution >= 4 is 0 Å². The molecule has 0 saturated heterocycles. The Morgan fingerprint density at radius 3 is 2.21 bits per heavy atom. The average molecular weight is 315 g/mol. The van der Waals surface area contributed by atoms with E-state index in [9.17, 15) is 5.26 Å². The third-order valence-corrected chi connectivity index (χ3v) is 4.36. The lowest BCUT2D eigenvalue weighted by molar-refractivity contribution is -0.666. The Kier molecular flexibility index (Phi) is 4.31. The second kappa shape index (κ2) is 6.55. The lowest BCUT2D eigenvalue weighted by Crippen LogP contribution is -2.36. The van der Waals surface area contributed by atoms with Gasteiger partial charge in [-0.05, 0) is 29.8 Å².